The highest BCUT2D eigenvalue weighted by atomic mass is 15.2. The van der Waals surface area contributed by atoms with Crippen molar-refractivity contribution in [1.29, 1.82) is 0 Å². The fourth-order valence-corrected chi connectivity index (χ4v) is 2.30. The second-order valence-corrected chi connectivity index (χ2v) is 4.35. The summed E-state index contributed by atoms with van der Waals surface area (Å²) in [6.07, 6.45) is 5.56. The SMILES string of the molecule is CN(C)[C@H]1CCCC[C@@H]1N(C)C. The summed E-state index contributed by atoms with van der Waals surface area (Å²) in [4.78, 5) is 4.76. The van der Waals surface area contributed by atoms with Crippen LogP contribution in [0.25, 0.3) is 0 Å². The maximum atomic E-state index is 2.38. The van der Waals surface area contributed by atoms with E-state index in [1.807, 2.05) is 0 Å². The highest BCUT2D eigenvalue weighted by Crippen LogP contribution is 2.24. The van der Waals surface area contributed by atoms with Gasteiger partial charge in [0.05, 0.1) is 0 Å². The third-order valence-corrected chi connectivity index (χ3v) is 3.02. The number of nitrogens with zero attached hydrogens (tertiary/aromatic N) is 2. The van der Waals surface area contributed by atoms with Gasteiger partial charge in [0.2, 0.25) is 0 Å². The number of hydrogen-bond acceptors (Lipinski definition) is 2. The third kappa shape index (κ3) is 2.20. The molecule has 0 bridgehead atoms. The van der Waals surface area contributed by atoms with Gasteiger partial charge in [-0.05, 0) is 41.0 Å². The van der Waals surface area contributed by atoms with Gasteiger partial charge < -0.3 is 9.80 Å². The molecule has 0 spiro atoms. The summed E-state index contributed by atoms with van der Waals surface area (Å²) in [5.74, 6) is 0. The molecule has 0 radical (unpaired) electrons. The van der Waals surface area contributed by atoms with Crippen LogP contribution in [0.2, 0.25) is 0 Å². The summed E-state index contributed by atoms with van der Waals surface area (Å²) in [7, 11) is 8.80. The van der Waals surface area contributed by atoms with Crippen molar-refractivity contribution in [3.8, 4) is 0 Å². The summed E-state index contributed by atoms with van der Waals surface area (Å²) in [5, 5.41) is 0. The van der Waals surface area contributed by atoms with Crippen molar-refractivity contribution in [2.45, 2.75) is 37.8 Å². The zero-order valence-corrected chi connectivity index (χ0v) is 8.88. The summed E-state index contributed by atoms with van der Waals surface area (Å²) in [6.45, 7) is 0. The highest BCUT2D eigenvalue weighted by molar-refractivity contribution is 4.85. The van der Waals surface area contributed by atoms with E-state index in [0.29, 0.717) is 0 Å². The van der Waals surface area contributed by atoms with Gasteiger partial charge in [0.15, 0.2) is 0 Å². The summed E-state index contributed by atoms with van der Waals surface area (Å²) < 4.78 is 0. The average molecular weight is 170 g/mol. The van der Waals surface area contributed by atoms with Crippen LogP contribution >= 0.6 is 0 Å². The van der Waals surface area contributed by atoms with Crippen LogP contribution < -0.4 is 0 Å². The maximum absolute atomic E-state index is 2.38. The molecule has 0 unspecified atom stereocenters. The van der Waals surface area contributed by atoms with Gasteiger partial charge in [0.1, 0.15) is 0 Å². The van der Waals surface area contributed by atoms with E-state index >= 15 is 0 Å². The summed E-state index contributed by atoms with van der Waals surface area (Å²) >= 11 is 0. The van der Waals surface area contributed by atoms with Crippen molar-refractivity contribution in [2.24, 2.45) is 0 Å². The van der Waals surface area contributed by atoms with Crippen molar-refractivity contribution >= 4 is 0 Å². The normalized spacial score (nSPS) is 31.5. The van der Waals surface area contributed by atoms with E-state index in [2.05, 4.69) is 38.0 Å². The molecule has 0 aliphatic heterocycles. The zero-order valence-electron chi connectivity index (χ0n) is 8.88. The van der Waals surface area contributed by atoms with Gasteiger partial charge in [-0.25, -0.2) is 0 Å². The van der Waals surface area contributed by atoms with Crippen LogP contribution in [0.15, 0.2) is 0 Å². The Kier molecular flexibility index (Phi) is 3.53. The van der Waals surface area contributed by atoms with Crippen molar-refractivity contribution < 1.29 is 0 Å². The molecule has 0 heterocycles. The van der Waals surface area contributed by atoms with E-state index in [9.17, 15) is 0 Å². The first kappa shape index (κ1) is 10.0. The molecule has 2 heteroatoms. The van der Waals surface area contributed by atoms with Gasteiger partial charge in [-0.1, -0.05) is 12.8 Å². The molecule has 72 valence electrons. The predicted molar refractivity (Wildman–Crippen MR) is 53.4 cm³/mol. The molecule has 1 aliphatic rings. The lowest BCUT2D eigenvalue weighted by Gasteiger charge is -2.39. The number of hydrogen-bond donors (Lipinski definition) is 0. The molecule has 2 atom stereocenters. The Morgan fingerprint density at radius 3 is 1.33 bits per heavy atom. The predicted octanol–water partition coefficient (Wildman–Crippen LogP) is 1.42. The molecular formula is C10H22N2. The molecule has 12 heavy (non-hydrogen) atoms. The van der Waals surface area contributed by atoms with E-state index in [1.54, 1.807) is 0 Å². The van der Waals surface area contributed by atoms with E-state index in [4.69, 9.17) is 0 Å². The molecule has 2 nitrogen and oxygen atoms in total. The molecule has 1 saturated carbocycles. The first-order chi connectivity index (χ1) is 5.63. The van der Waals surface area contributed by atoms with Crippen molar-refractivity contribution in [1.82, 2.24) is 9.80 Å². The zero-order chi connectivity index (χ0) is 9.14. The molecule has 0 N–H and O–H groups in total. The first-order valence-electron chi connectivity index (χ1n) is 4.96. The van der Waals surface area contributed by atoms with Crippen LogP contribution in [0.1, 0.15) is 25.7 Å². The molecule has 0 aromatic carbocycles. The Balaban J connectivity index is 2.54. The fraction of sp³-hybridized carbons (Fsp3) is 1.00. The van der Waals surface area contributed by atoms with Gasteiger partial charge in [0, 0.05) is 12.1 Å². The van der Waals surface area contributed by atoms with Crippen molar-refractivity contribution in [2.75, 3.05) is 28.2 Å². The van der Waals surface area contributed by atoms with Crippen molar-refractivity contribution in [3.05, 3.63) is 0 Å². The minimum atomic E-state index is 0.772. The van der Waals surface area contributed by atoms with Crippen LogP contribution in [0.5, 0.6) is 0 Å². The molecule has 0 saturated heterocycles. The molecule has 0 amide bonds. The number of rotatable bonds is 2. The van der Waals surface area contributed by atoms with Gasteiger partial charge in [-0.3, -0.25) is 0 Å². The second kappa shape index (κ2) is 4.24. The minimum Gasteiger partial charge on any atom is -0.305 e. The van der Waals surface area contributed by atoms with E-state index in [-0.39, 0.29) is 0 Å². The fourth-order valence-electron chi connectivity index (χ4n) is 2.30. The third-order valence-electron chi connectivity index (χ3n) is 3.02. The highest BCUT2D eigenvalue weighted by Gasteiger charge is 2.27. The standard InChI is InChI=1S/C10H22N2/c1-11(2)9-7-5-6-8-10(9)12(3)4/h9-10H,5-8H2,1-4H3/t9-,10-/m0/s1. The monoisotopic (exact) mass is 170 g/mol. The van der Waals surface area contributed by atoms with E-state index < -0.39 is 0 Å². The smallest absolute Gasteiger partial charge is 0.0245 e. The Labute approximate surface area is 76.5 Å². The van der Waals surface area contributed by atoms with Gasteiger partial charge in [-0.2, -0.15) is 0 Å². The largest absolute Gasteiger partial charge is 0.305 e. The minimum absolute atomic E-state index is 0.772. The maximum Gasteiger partial charge on any atom is 0.0245 e. The topological polar surface area (TPSA) is 6.48 Å². The lowest BCUT2D eigenvalue weighted by molar-refractivity contribution is 0.110. The summed E-state index contributed by atoms with van der Waals surface area (Å²) in [5.41, 5.74) is 0. The molecule has 1 rings (SSSR count). The Morgan fingerprint density at radius 1 is 0.750 bits per heavy atom. The molecule has 0 aromatic rings. The molecular weight excluding hydrogens is 148 g/mol. The van der Waals surface area contributed by atoms with Crippen molar-refractivity contribution in [3.63, 3.8) is 0 Å². The number of likely N-dealkylation sites (N-methyl/N-ethyl adjacent to an activating group) is 2. The Morgan fingerprint density at radius 2 is 1.08 bits per heavy atom. The molecule has 1 fully saturated rings. The second-order valence-electron chi connectivity index (χ2n) is 4.35. The molecule has 0 aromatic heterocycles. The Bertz CT molecular complexity index is 116. The lowest BCUT2D eigenvalue weighted by atomic mass is 9.89. The van der Waals surface area contributed by atoms with Crippen LogP contribution in [0.4, 0.5) is 0 Å². The Hall–Kier alpha value is -0.0800. The average Bonchev–Trinajstić information content (AvgIpc) is 2.04. The van der Waals surface area contributed by atoms with Crippen LogP contribution in [-0.4, -0.2) is 50.1 Å². The lowest BCUT2D eigenvalue weighted by Crippen LogP contribution is -2.48. The van der Waals surface area contributed by atoms with Crippen LogP contribution in [0.3, 0.4) is 0 Å². The summed E-state index contributed by atoms with van der Waals surface area (Å²) in [6, 6.07) is 1.54. The van der Waals surface area contributed by atoms with Gasteiger partial charge >= 0.3 is 0 Å². The molecule has 1 aliphatic carbocycles. The first-order valence-corrected chi connectivity index (χ1v) is 4.96. The quantitative estimate of drug-likeness (QED) is 0.618. The van der Waals surface area contributed by atoms with Crippen LogP contribution in [-0.2, 0) is 0 Å². The van der Waals surface area contributed by atoms with Gasteiger partial charge in [0.25, 0.3) is 0 Å². The van der Waals surface area contributed by atoms with Crippen LogP contribution in [0, 0.1) is 0 Å². The van der Waals surface area contributed by atoms with E-state index in [0.717, 1.165) is 12.1 Å². The van der Waals surface area contributed by atoms with Gasteiger partial charge in [-0.15, -0.1) is 0 Å². The van der Waals surface area contributed by atoms with E-state index in [1.165, 1.54) is 25.7 Å².